The molecule has 0 radical (unpaired) electrons. The summed E-state index contributed by atoms with van der Waals surface area (Å²) < 4.78 is 62.1. The maximum absolute atomic E-state index is 12.0. The number of halogens is 3. The number of rotatable bonds is 9. The second-order valence-electron chi connectivity index (χ2n) is 4.47. The largest absolute Gasteiger partial charge is 0.389 e. The highest BCUT2D eigenvalue weighted by atomic mass is 32.2. The van der Waals surface area contributed by atoms with Crippen molar-refractivity contribution in [1.82, 2.24) is 20.2 Å². The number of aromatic amines is 1. The summed E-state index contributed by atoms with van der Waals surface area (Å²) in [5, 5.41) is 9.01. The van der Waals surface area contributed by atoms with Crippen LogP contribution in [0.2, 0.25) is 0 Å². The molecule has 0 aliphatic rings. The van der Waals surface area contributed by atoms with Crippen molar-refractivity contribution in [2.24, 2.45) is 0 Å². The second kappa shape index (κ2) is 7.76. The van der Waals surface area contributed by atoms with E-state index in [2.05, 4.69) is 20.2 Å². The lowest BCUT2D eigenvalue weighted by molar-refractivity contribution is -0.135. The van der Waals surface area contributed by atoms with E-state index in [9.17, 15) is 21.6 Å². The van der Waals surface area contributed by atoms with Gasteiger partial charge in [-0.05, 0) is 19.4 Å². The molecule has 0 aliphatic heterocycles. The molecular formula is C11H19F3N4O2S. The van der Waals surface area contributed by atoms with Gasteiger partial charge in [-0.2, -0.15) is 18.3 Å². The third-order valence-electron chi connectivity index (χ3n) is 2.69. The Morgan fingerprint density at radius 2 is 2.05 bits per heavy atom. The molecule has 0 bridgehead atoms. The lowest BCUT2D eigenvalue weighted by atomic mass is 10.2. The molecule has 0 unspecified atom stereocenters. The third-order valence-corrected chi connectivity index (χ3v) is 4.17. The van der Waals surface area contributed by atoms with Gasteiger partial charge in [-0.1, -0.05) is 6.92 Å². The molecule has 0 fully saturated rings. The number of nitrogens with one attached hydrogen (secondary N) is 3. The molecule has 0 saturated heterocycles. The number of aromatic nitrogens is 2. The smallest absolute Gasteiger partial charge is 0.313 e. The van der Waals surface area contributed by atoms with Crippen LogP contribution < -0.4 is 10.0 Å². The monoisotopic (exact) mass is 328 g/mol. The van der Waals surface area contributed by atoms with Gasteiger partial charge in [0.1, 0.15) is 0 Å². The van der Waals surface area contributed by atoms with Crippen LogP contribution in [0.15, 0.2) is 11.2 Å². The van der Waals surface area contributed by atoms with Gasteiger partial charge in [0.25, 0.3) is 10.0 Å². The molecule has 0 aromatic carbocycles. The van der Waals surface area contributed by atoms with Gasteiger partial charge < -0.3 is 5.32 Å². The van der Waals surface area contributed by atoms with Crippen molar-refractivity contribution in [2.45, 2.75) is 43.9 Å². The number of sulfonamides is 1. The SMILES string of the molecule is CCNCc1cn[nH]c1S(=O)(=O)NCCCCC(F)(F)F. The van der Waals surface area contributed by atoms with Gasteiger partial charge in [0.15, 0.2) is 5.03 Å². The summed E-state index contributed by atoms with van der Waals surface area (Å²) >= 11 is 0. The fourth-order valence-corrected chi connectivity index (χ4v) is 2.85. The van der Waals surface area contributed by atoms with Crippen molar-refractivity contribution in [3.05, 3.63) is 11.8 Å². The zero-order valence-electron chi connectivity index (χ0n) is 11.6. The Bertz CT molecular complexity index is 528. The quantitative estimate of drug-likeness (QED) is 0.600. The topological polar surface area (TPSA) is 86.9 Å². The number of H-pyrrole nitrogens is 1. The summed E-state index contributed by atoms with van der Waals surface area (Å²) in [7, 11) is -3.78. The standard InChI is InChI=1S/C11H19F3N4O2S/c1-2-15-7-9-8-16-18-10(9)21(19,20)17-6-4-3-5-11(12,13)14/h8,15,17H,2-7H2,1H3,(H,16,18). The molecule has 1 aromatic heterocycles. The van der Waals surface area contributed by atoms with Gasteiger partial charge in [0.05, 0.1) is 6.20 Å². The first kappa shape index (κ1) is 17.9. The molecule has 0 atom stereocenters. The molecule has 0 saturated carbocycles. The van der Waals surface area contributed by atoms with Crippen molar-refractivity contribution in [1.29, 1.82) is 0 Å². The lowest BCUT2D eigenvalue weighted by Gasteiger charge is -2.08. The van der Waals surface area contributed by atoms with E-state index in [1.54, 1.807) is 0 Å². The fourth-order valence-electron chi connectivity index (χ4n) is 1.65. The number of hydrogen-bond donors (Lipinski definition) is 3. The fraction of sp³-hybridized carbons (Fsp3) is 0.727. The first-order chi connectivity index (χ1) is 9.76. The van der Waals surface area contributed by atoms with Crippen LogP contribution in [0.25, 0.3) is 0 Å². The highest BCUT2D eigenvalue weighted by Crippen LogP contribution is 2.22. The van der Waals surface area contributed by atoms with E-state index in [4.69, 9.17) is 0 Å². The van der Waals surface area contributed by atoms with E-state index in [0.717, 1.165) is 0 Å². The van der Waals surface area contributed by atoms with Crippen molar-refractivity contribution < 1.29 is 21.6 Å². The van der Waals surface area contributed by atoms with Crippen molar-refractivity contribution in [2.75, 3.05) is 13.1 Å². The van der Waals surface area contributed by atoms with Crippen LogP contribution in [0.1, 0.15) is 31.7 Å². The second-order valence-corrected chi connectivity index (χ2v) is 6.18. The molecule has 6 nitrogen and oxygen atoms in total. The molecule has 0 amide bonds. The van der Waals surface area contributed by atoms with E-state index in [-0.39, 0.29) is 24.4 Å². The van der Waals surface area contributed by atoms with Gasteiger partial charge in [-0.3, -0.25) is 5.10 Å². The number of alkyl halides is 3. The molecule has 10 heteroatoms. The van der Waals surface area contributed by atoms with Crippen molar-refractivity contribution in [3.8, 4) is 0 Å². The third kappa shape index (κ3) is 6.44. The van der Waals surface area contributed by atoms with Crippen LogP contribution in [0.4, 0.5) is 13.2 Å². The van der Waals surface area contributed by atoms with Gasteiger partial charge in [0, 0.05) is 25.1 Å². The maximum Gasteiger partial charge on any atom is 0.389 e. The molecule has 122 valence electrons. The molecule has 0 spiro atoms. The summed E-state index contributed by atoms with van der Waals surface area (Å²) in [6.07, 6.45) is -3.71. The average Bonchev–Trinajstić information content (AvgIpc) is 2.83. The zero-order chi connectivity index (χ0) is 15.9. The highest BCUT2D eigenvalue weighted by molar-refractivity contribution is 7.89. The van der Waals surface area contributed by atoms with Gasteiger partial charge >= 0.3 is 6.18 Å². The molecule has 1 rings (SSSR count). The van der Waals surface area contributed by atoms with Crippen LogP contribution in [0.5, 0.6) is 0 Å². The minimum Gasteiger partial charge on any atom is -0.313 e. The lowest BCUT2D eigenvalue weighted by Crippen LogP contribution is -2.27. The zero-order valence-corrected chi connectivity index (χ0v) is 12.4. The number of nitrogens with zero attached hydrogens (tertiary/aromatic N) is 1. The van der Waals surface area contributed by atoms with Gasteiger partial charge in [-0.15, -0.1) is 0 Å². The summed E-state index contributed by atoms with van der Waals surface area (Å²) in [6.45, 7) is 2.86. The molecular weight excluding hydrogens is 309 g/mol. The van der Waals surface area contributed by atoms with Crippen LogP contribution in [-0.2, 0) is 16.6 Å². The van der Waals surface area contributed by atoms with Gasteiger partial charge in [0.2, 0.25) is 0 Å². The van der Waals surface area contributed by atoms with Crippen molar-refractivity contribution in [3.63, 3.8) is 0 Å². The molecule has 1 aromatic rings. The first-order valence-corrected chi connectivity index (χ1v) is 8.04. The predicted molar refractivity (Wildman–Crippen MR) is 71.1 cm³/mol. The van der Waals surface area contributed by atoms with E-state index >= 15 is 0 Å². The Morgan fingerprint density at radius 1 is 1.33 bits per heavy atom. The summed E-state index contributed by atoms with van der Waals surface area (Å²) in [5.41, 5.74) is 0.486. The Balaban J connectivity index is 2.48. The minimum atomic E-state index is -4.21. The molecule has 1 heterocycles. The first-order valence-electron chi connectivity index (χ1n) is 6.55. The van der Waals surface area contributed by atoms with E-state index < -0.39 is 22.6 Å². The molecule has 3 N–H and O–H groups in total. The normalized spacial score (nSPS) is 12.8. The van der Waals surface area contributed by atoms with Crippen LogP contribution in [-0.4, -0.2) is 37.9 Å². The Morgan fingerprint density at radius 3 is 2.67 bits per heavy atom. The number of hydrogen-bond acceptors (Lipinski definition) is 4. The van der Waals surface area contributed by atoms with Crippen molar-refractivity contribution >= 4 is 10.0 Å². The van der Waals surface area contributed by atoms with Gasteiger partial charge in [-0.25, -0.2) is 13.1 Å². The summed E-state index contributed by atoms with van der Waals surface area (Å²) in [6, 6.07) is 0. The Hall–Kier alpha value is -1.13. The summed E-state index contributed by atoms with van der Waals surface area (Å²) in [5.74, 6) is 0. The average molecular weight is 328 g/mol. The Kier molecular flexibility index (Phi) is 6.62. The Labute approximate surface area is 121 Å². The van der Waals surface area contributed by atoms with E-state index in [1.165, 1.54) is 6.20 Å². The van der Waals surface area contributed by atoms with Crippen LogP contribution in [0.3, 0.4) is 0 Å². The van der Waals surface area contributed by atoms with E-state index in [1.807, 2.05) is 6.92 Å². The van der Waals surface area contributed by atoms with Crippen LogP contribution in [0, 0.1) is 0 Å². The number of unbranched alkanes of at least 4 members (excludes halogenated alkanes) is 1. The predicted octanol–water partition coefficient (Wildman–Crippen LogP) is 1.53. The molecule has 0 aliphatic carbocycles. The minimum absolute atomic E-state index is 0.0436. The van der Waals surface area contributed by atoms with Crippen LogP contribution >= 0.6 is 0 Å². The highest BCUT2D eigenvalue weighted by Gasteiger charge is 2.26. The molecule has 21 heavy (non-hydrogen) atoms. The van der Waals surface area contributed by atoms with E-state index in [0.29, 0.717) is 18.7 Å². The maximum atomic E-state index is 12.0. The summed E-state index contributed by atoms with van der Waals surface area (Å²) in [4.78, 5) is 0.